The van der Waals surface area contributed by atoms with Crippen molar-refractivity contribution >= 4 is 23.4 Å². The van der Waals surface area contributed by atoms with Gasteiger partial charge in [0.25, 0.3) is 5.69 Å². The number of ether oxygens (including phenoxy) is 1. The molecular formula is C12H15NO4S. The summed E-state index contributed by atoms with van der Waals surface area (Å²) in [5.41, 5.74) is 0.104. The SMILES string of the molecule is COC(=O)CC[C@H](C)Sc1ccccc1[N+](=O)[O-]. The fraction of sp³-hybridized carbons (Fsp3) is 0.417. The molecular weight excluding hydrogens is 254 g/mol. The Kier molecular flexibility index (Phi) is 5.64. The predicted octanol–water partition coefficient (Wildman–Crippen LogP) is 3.03. The van der Waals surface area contributed by atoms with Gasteiger partial charge in [0.1, 0.15) is 0 Å². The molecule has 0 spiro atoms. The zero-order valence-electron chi connectivity index (χ0n) is 10.3. The number of esters is 1. The average molecular weight is 269 g/mol. The second-order valence-electron chi connectivity index (χ2n) is 3.77. The number of thioether (sulfide) groups is 1. The topological polar surface area (TPSA) is 69.4 Å². The molecule has 0 N–H and O–H groups in total. The van der Waals surface area contributed by atoms with Crippen molar-refractivity contribution in [2.75, 3.05) is 7.11 Å². The van der Waals surface area contributed by atoms with Gasteiger partial charge in [-0.3, -0.25) is 14.9 Å². The molecule has 0 aliphatic heterocycles. The van der Waals surface area contributed by atoms with E-state index in [-0.39, 0.29) is 16.9 Å². The molecule has 6 heteroatoms. The zero-order valence-corrected chi connectivity index (χ0v) is 11.1. The van der Waals surface area contributed by atoms with Gasteiger partial charge in [-0.1, -0.05) is 19.1 Å². The first-order chi connectivity index (χ1) is 8.54. The van der Waals surface area contributed by atoms with Crippen molar-refractivity contribution in [3.8, 4) is 0 Å². The Balaban J connectivity index is 2.61. The third kappa shape index (κ3) is 4.37. The van der Waals surface area contributed by atoms with Crippen LogP contribution in [0.2, 0.25) is 0 Å². The van der Waals surface area contributed by atoms with E-state index in [1.54, 1.807) is 18.2 Å². The maximum absolute atomic E-state index is 11.0. The summed E-state index contributed by atoms with van der Waals surface area (Å²) in [4.78, 5) is 22.1. The van der Waals surface area contributed by atoms with Crippen molar-refractivity contribution in [2.24, 2.45) is 0 Å². The Bertz CT molecular complexity index is 436. The number of hydrogen-bond acceptors (Lipinski definition) is 5. The molecule has 1 aromatic carbocycles. The van der Waals surface area contributed by atoms with Crippen LogP contribution in [-0.2, 0) is 9.53 Å². The molecule has 0 heterocycles. The minimum Gasteiger partial charge on any atom is -0.469 e. The van der Waals surface area contributed by atoms with Gasteiger partial charge in [-0.2, -0.15) is 0 Å². The highest BCUT2D eigenvalue weighted by Crippen LogP contribution is 2.33. The summed E-state index contributed by atoms with van der Waals surface area (Å²) < 4.78 is 4.56. The average Bonchev–Trinajstić information content (AvgIpc) is 2.36. The van der Waals surface area contributed by atoms with E-state index in [0.29, 0.717) is 17.7 Å². The number of nitrogens with zero attached hydrogens (tertiary/aromatic N) is 1. The summed E-state index contributed by atoms with van der Waals surface area (Å²) >= 11 is 1.40. The van der Waals surface area contributed by atoms with Gasteiger partial charge in [0, 0.05) is 17.7 Å². The molecule has 0 aromatic heterocycles. The molecule has 0 saturated heterocycles. The van der Waals surface area contributed by atoms with E-state index < -0.39 is 4.92 Å². The second-order valence-corrected chi connectivity index (χ2v) is 5.25. The molecule has 0 radical (unpaired) electrons. The summed E-state index contributed by atoms with van der Waals surface area (Å²) in [5, 5.41) is 10.9. The predicted molar refractivity (Wildman–Crippen MR) is 69.7 cm³/mol. The monoisotopic (exact) mass is 269 g/mol. The van der Waals surface area contributed by atoms with Crippen molar-refractivity contribution < 1.29 is 14.5 Å². The maximum atomic E-state index is 11.0. The van der Waals surface area contributed by atoms with Crippen LogP contribution in [0.25, 0.3) is 0 Å². The molecule has 1 atom stereocenters. The van der Waals surface area contributed by atoms with E-state index in [0.717, 1.165) is 0 Å². The van der Waals surface area contributed by atoms with E-state index in [1.807, 2.05) is 6.92 Å². The lowest BCUT2D eigenvalue weighted by Gasteiger charge is -2.10. The lowest BCUT2D eigenvalue weighted by molar-refractivity contribution is -0.387. The highest BCUT2D eigenvalue weighted by atomic mass is 32.2. The van der Waals surface area contributed by atoms with Crippen LogP contribution in [0, 0.1) is 10.1 Å². The molecule has 98 valence electrons. The van der Waals surface area contributed by atoms with Crippen LogP contribution in [0.5, 0.6) is 0 Å². The van der Waals surface area contributed by atoms with Crippen molar-refractivity contribution in [1.29, 1.82) is 0 Å². The quantitative estimate of drug-likeness (QED) is 0.343. The van der Waals surface area contributed by atoms with E-state index in [1.165, 1.54) is 24.9 Å². The van der Waals surface area contributed by atoms with Crippen LogP contribution < -0.4 is 0 Å². The first-order valence-electron chi connectivity index (χ1n) is 5.51. The van der Waals surface area contributed by atoms with E-state index in [4.69, 9.17) is 0 Å². The highest BCUT2D eigenvalue weighted by molar-refractivity contribution is 8.00. The summed E-state index contributed by atoms with van der Waals surface area (Å²) in [7, 11) is 1.35. The molecule has 0 aliphatic rings. The van der Waals surface area contributed by atoms with Gasteiger partial charge in [0.2, 0.25) is 0 Å². The molecule has 5 nitrogen and oxygen atoms in total. The summed E-state index contributed by atoms with van der Waals surface area (Å²) in [6.07, 6.45) is 0.953. The Labute approximate surface area is 110 Å². The van der Waals surface area contributed by atoms with Crippen LogP contribution in [0.4, 0.5) is 5.69 Å². The summed E-state index contributed by atoms with van der Waals surface area (Å²) in [5.74, 6) is -0.259. The molecule has 0 saturated carbocycles. The number of benzene rings is 1. The fourth-order valence-electron chi connectivity index (χ4n) is 1.41. The number of nitro groups is 1. The molecule has 1 aromatic rings. The van der Waals surface area contributed by atoms with Crippen molar-refractivity contribution in [1.82, 2.24) is 0 Å². The number of methoxy groups -OCH3 is 1. The molecule has 18 heavy (non-hydrogen) atoms. The largest absolute Gasteiger partial charge is 0.469 e. The molecule has 0 bridgehead atoms. The van der Waals surface area contributed by atoms with Gasteiger partial charge in [-0.25, -0.2) is 0 Å². The van der Waals surface area contributed by atoms with Crippen molar-refractivity contribution in [3.63, 3.8) is 0 Å². The normalized spacial score (nSPS) is 11.9. The minimum atomic E-state index is -0.393. The molecule has 0 fully saturated rings. The van der Waals surface area contributed by atoms with Crippen LogP contribution in [0.3, 0.4) is 0 Å². The molecule has 0 amide bonds. The lowest BCUT2D eigenvalue weighted by Crippen LogP contribution is -2.05. The Morgan fingerprint density at radius 1 is 1.50 bits per heavy atom. The fourth-order valence-corrected chi connectivity index (χ4v) is 2.50. The van der Waals surface area contributed by atoms with E-state index in [9.17, 15) is 14.9 Å². The number of nitro benzene ring substituents is 1. The number of rotatable bonds is 6. The van der Waals surface area contributed by atoms with Gasteiger partial charge >= 0.3 is 5.97 Å². The van der Waals surface area contributed by atoms with Gasteiger partial charge < -0.3 is 4.74 Å². The van der Waals surface area contributed by atoms with Crippen LogP contribution in [0.15, 0.2) is 29.2 Å². The number of carbonyl (C=O) groups excluding carboxylic acids is 1. The van der Waals surface area contributed by atoms with Crippen LogP contribution in [-0.4, -0.2) is 23.3 Å². The summed E-state index contributed by atoms with van der Waals surface area (Å²) in [6, 6.07) is 6.61. The first-order valence-corrected chi connectivity index (χ1v) is 6.39. The molecule has 0 aliphatic carbocycles. The standard InChI is InChI=1S/C12H15NO4S/c1-9(7-8-12(14)17-2)18-11-6-4-3-5-10(11)13(15)16/h3-6,9H,7-8H2,1-2H3/t9-/m0/s1. The highest BCUT2D eigenvalue weighted by Gasteiger charge is 2.16. The number of hydrogen-bond donors (Lipinski definition) is 0. The molecule has 1 rings (SSSR count). The Morgan fingerprint density at radius 3 is 2.78 bits per heavy atom. The first kappa shape index (κ1) is 14.5. The second kappa shape index (κ2) is 7.00. The van der Waals surface area contributed by atoms with Gasteiger partial charge in [-0.05, 0) is 12.5 Å². The Morgan fingerprint density at radius 2 is 2.17 bits per heavy atom. The smallest absolute Gasteiger partial charge is 0.305 e. The van der Waals surface area contributed by atoms with Crippen molar-refractivity contribution in [2.45, 2.75) is 29.9 Å². The van der Waals surface area contributed by atoms with Crippen molar-refractivity contribution in [3.05, 3.63) is 34.4 Å². The van der Waals surface area contributed by atoms with Crippen LogP contribution >= 0.6 is 11.8 Å². The lowest BCUT2D eigenvalue weighted by atomic mass is 10.2. The zero-order chi connectivity index (χ0) is 13.5. The van der Waals surface area contributed by atoms with Gasteiger partial charge in [0.15, 0.2) is 0 Å². The third-order valence-electron chi connectivity index (χ3n) is 2.37. The van der Waals surface area contributed by atoms with E-state index in [2.05, 4.69) is 4.74 Å². The third-order valence-corrected chi connectivity index (χ3v) is 3.61. The Hall–Kier alpha value is -1.56. The number of para-hydroxylation sites is 1. The minimum absolute atomic E-state index is 0.104. The van der Waals surface area contributed by atoms with Crippen LogP contribution in [0.1, 0.15) is 19.8 Å². The van der Waals surface area contributed by atoms with E-state index >= 15 is 0 Å². The maximum Gasteiger partial charge on any atom is 0.305 e. The van der Waals surface area contributed by atoms with Gasteiger partial charge in [0.05, 0.1) is 16.9 Å². The summed E-state index contributed by atoms with van der Waals surface area (Å²) in [6.45, 7) is 1.93. The molecule has 0 unspecified atom stereocenters. The van der Waals surface area contributed by atoms with Gasteiger partial charge in [-0.15, -0.1) is 11.8 Å². The number of carbonyl (C=O) groups is 1.